The summed E-state index contributed by atoms with van der Waals surface area (Å²) in [4.78, 5) is 39.3. The molecule has 0 spiro atoms. The van der Waals surface area contributed by atoms with Gasteiger partial charge in [-0.1, -0.05) is 11.6 Å². The lowest BCUT2D eigenvalue weighted by Crippen LogP contribution is -2.48. The fourth-order valence-electron chi connectivity index (χ4n) is 3.59. The minimum atomic E-state index is -0.669. The van der Waals surface area contributed by atoms with Crippen LogP contribution >= 0.6 is 11.6 Å². The maximum atomic E-state index is 14.8. The normalized spacial score (nSPS) is 14.1. The molecule has 2 aromatic heterocycles. The second-order valence-corrected chi connectivity index (χ2v) is 8.12. The smallest absolute Gasteiger partial charge is 0.281 e. The Morgan fingerprint density at radius 3 is 2.45 bits per heavy atom. The topological polar surface area (TPSA) is 91.3 Å². The van der Waals surface area contributed by atoms with Gasteiger partial charge in [-0.05, 0) is 36.8 Å². The number of pyridine rings is 1. The van der Waals surface area contributed by atoms with Crippen molar-refractivity contribution in [2.45, 2.75) is 6.92 Å². The van der Waals surface area contributed by atoms with Gasteiger partial charge in [-0.3, -0.25) is 4.79 Å². The SMILES string of the molecule is Cc1ncc(C(=O)Nc2ncc(-c3cc(Cl)cc(N4CCN(BC=O)CC4)c3)cc2F)cn1. The van der Waals surface area contributed by atoms with Crippen LogP contribution in [0, 0.1) is 12.7 Å². The van der Waals surface area contributed by atoms with Gasteiger partial charge in [-0.25, -0.2) is 19.3 Å². The molecule has 1 fully saturated rings. The first-order chi connectivity index (χ1) is 15.9. The number of carbonyl (C=O) groups excluding carboxylic acids is 2. The molecule has 0 saturated carbocycles. The fourth-order valence-corrected chi connectivity index (χ4v) is 3.82. The van der Waals surface area contributed by atoms with Crippen LogP contribution in [0.3, 0.4) is 0 Å². The molecule has 4 rings (SSSR count). The van der Waals surface area contributed by atoms with Crippen LogP contribution in [0.2, 0.25) is 5.02 Å². The number of rotatable bonds is 6. The predicted octanol–water partition coefficient (Wildman–Crippen LogP) is 2.56. The molecule has 33 heavy (non-hydrogen) atoms. The number of anilines is 2. The van der Waals surface area contributed by atoms with Gasteiger partial charge in [0.1, 0.15) is 5.82 Å². The minimum absolute atomic E-state index is 0.183. The number of amides is 1. The Hall–Kier alpha value is -3.37. The Balaban J connectivity index is 1.51. The van der Waals surface area contributed by atoms with Crippen molar-refractivity contribution in [3.8, 4) is 11.1 Å². The quantitative estimate of drug-likeness (QED) is 0.441. The first-order valence-electron chi connectivity index (χ1n) is 10.4. The van der Waals surface area contributed by atoms with Crippen molar-refractivity contribution in [3.05, 3.63) is 65.1 Å². The van der Waals surface area contributed by atoms with Crippen LogP contribution in [0.4, 0.5) is 15.9 Å². The van der Waals surface area contributed by atoms with E-state index in [-0.39, 0.29) is 11.4 Å². The van der Waals surface area contributed by atoms with E-state index in [9.17, 15) is 14.0 Å². The van der Waals surface area contributed by atoms with E-state index in [1.54, 1.807) is 13.0 Å². The maximum Gasteiger partial charge on any atom is 0.281 e. The second-order valence-electron chi connectivity index (χ2n) is 7.68. The van der Waals surface area contributed by atoms with Crippen molar-refractivity contribution in [3.63, 3.8) is 0 Å². The van der Waals surface area contributed by atoms with Crippen molar-refractivity contribution < 1.29 is 14.0 Å². The monoisotopic (exact) mass is 466 g/mol. The van der Waals surface area contributed by atoms with E-state index in [1.165, 1.54) is 24.7 Å². The Morgan fingerprint density at radius 1 is 1.06 bits per heavy atom. The number of carbonyl (C=O) groups is 2. The molecule has 0 unspecified atom stereocenters. The Bertz CT molecular complexity index is 1170. The molecule has 1 aliphatic heterocycles. The number of aromatic nitrogens is 3. The van der Waals surface area contributed by atoms with E-state index in [2.05, 4.69) is 30.0 Å². The van der Waals surface area contributed by atoms with Crippen molar-refractivity contribution in [1.82, 2.24) is 19.8 Å². The number of hydrogen-bond donors (Lipinski definition) is 1. The molecule has 3 aromatic rings. The molecule has 1 N–H and O–H groups in total. The standard InChI is InChI=1S/C22H21BClFN6O2/c1-14-26-11-17(12-27-14)22(33)29-21-20(25)8-16(10-28-21)15-6-18(24)9-19(7-15)30-2-4-31(5-3-30)23-13-32/h6-13,23H,2-5H2,1H3,(H,28,29,33). The summed E-state index contributed by atoms with van der Waals surface area (Å²) in [5, 5.41) is 2.97. The van der Waals surface area contributed by atoms with E-state index in [4.69, 9.17) is 11.6 Å². The first kappa shape index (κ1) is 22.8. The van der Waals surface area contributed by atoms with Gasteiger partial charge in [-0.15, -0.1) is 0 Å². The number of nitrogens with zero attached hydrogens (tertiary/aromatic N) is 5. The maximum absolute atomic E-state index is 14.8. The molecule has 0 atom stereocenters. The minimum Gasteiger partial charge on any atom is -0.369 e. The van der Waals surface area contributed by atoms with Crippen molar-refractivity contribution >= 4 is 42.6 Å². The molecule has 168 valence electrons. The van der Waals surface area contributed by atoms with Crippen LogP contribution in [0.1, 0.15) is 16.2 Å². The van der Waals surface area contributed by atoms with Crippen molar-refractivity contribution in [2.24, 2.45) is 0 Å². The fraction of sp³-hybridized carbons (Fsp3) is 0.227. The Kier molecular flexibility index (Phi) is 6.95. The lowest BCUT2D eigenvalue weighted by Gasteiger charge is -2.35. The van der Waals surface area contributed by atoms with Crippen LogP contribution in [0.15, 0.2) is 42.9 Å². The highest BCUT2D eigenvalue weighted by Gasteiger charge is 2.19. The summed E-state index contributed by atoms with van der Waals surface area (Å²) in [7, 11) is 0.430. The Labute approximate surface area is 196 Å². The van der Waals surface area contributed by atoms with Crippen LogP contribution in [-0.4, -0.2) is 65.4 Å². The van der Waals surface area contributed by atoms with E-state index in [0.29, 0.717) is 29.4 Å². The summed E-state index contributed by atoms with van der Waals surface area (Å²) < 4.78 is 14.8. The zero-order valence-electron chi connectivity index (χ0n) is 18.0. The van der Waals surface area contributed by atoms with Gasteiger partial charge in [-0.2, -0.15) is 0 Å². The summed E-state index contributed by atoms with van der Waals surface area (Å²) in [6.45, 7) is 4.77. The van der Waals surface area contributed by atoms with Gasteiger partial charge in [0, 0.05) is 61.0 Å². The summed E-state index contributed by atoms with van der Waals surface area (Å²) >= 11 is 6.35. The van der Waals surface area contributed by atoms with Gasteiger partial charge in [0.25, 0.3) is 13.3 Å². The van der Waals surface area contributed by atoms with Gasteiger partial charge in [0.05, 0.1) is 11.7 Å². The average molecular weight is 467 g/mol. The average Bonchev–Trinajstić information content (AvgIpc) is 2.81. The molecule has 1 amide bonds. The number of aryl methyl sites for hydroxylation is 1. The lowest BCUT2D eigenvalue weighted by atomic mass is 9.93. The molecule has 0 bridgehead atoms. The molecule has 1 aliphatic rings. The van der Waals surface area contributed by atoms with E-state index >= 15 is 0 Å². The summed E-state index contributed by atoms with van der Waals surface area (Å²) in [5.74, 6) is -0.868. The van der Waals surface area contributed by atoms with E-state index < -0.39 is 11.7 Å². The zero-order valence-corrected chi connectivity index (χ0v) is 18.7. The van der Waals surface area contributed by atoms with Crippen LogP contribution in [-0.2, 0) is 4.79 Å². The van der Waals surface area contributed by atoms with Gasteiger partial charge < -0.3 is 19.8 Å². The number of hydrogen-bond acceptors (Lipinski definition) is 7. The van der Waals surface area contributed by atoms with Crippen LogP contribution in [0.5, 0.6) is 0 Å². The molecule has 0 radical (unpaired) electrons. The molecule has 1 aromatic carbocycles. The highest BCUT2D eigenvalue weighted by Crippen LogP contribution is 2.30. The molecule has 11 heteroatoms. The first-order valence-corrected chi connectivity index (χ1v) is 10.8. The molecule has 8 nitrogen and oxygen atoms in total. The summed E-state index contributed by atoms with van der Waals surface area (Å²) in [6, 6.07) is 6.85. The Morgan fingerprint density at radius 2 is 1.79 bits per heavy atom. The van der Waals surface area contributed by atoms with Gasteiger partial charge >= 0.3 is 0 Å². The molecular weight excluding hydrogens is 446 g/mol. The summed E-state index contributed by atoms with van der Waals surface area (Å²) in [5.41, 5.74) is 2.37. The lowest BCUT2D eigenvalue weighted by molar-refractivity contribution is 0.102. The van der Waals surface area contributed by atoms with Gasteiger partial charge in [0.15, 0.2) is 11.6 Å². The molecule has 0 aliphatic carbocycles. The highest BCUT2D eigenvalue weighted by atomic mass is 35.5. The van der Waals surface area contributed by atoms with Crippen LogP contribution < -0.4 is 10.2 Å². The second kappa shape index (κ2) is 10.1. The third-order valence-corrected chi connectivity index (χ3v) is 5.62. The molecule has 1 saturated heterocycles. The van der Waals surface area contributed by atoms with E-state index in [1.807, 2.05) is 12.1 Å². The number of benzene rings is 1. The number of halogens is 2. The van der Waals surface area contributed by atoms with Crippen LogP contribution in [0.25, 0.3) is 11.1 Å². The third kappa shape index (κ3) is 5.53. The number of nitrogens with one attached hydrogen (secondary N) is 1. The number of piperazine rings is 1. The van der Waals surface area contributed by atoms with E-state index in [0.717, 1.165) is 38.1 Å². The molecular formula is C22H21BClFN6O2. The molecule has 3 heterocycles. The van der Waals surface area contributed by atoms with Crippen molar-refractivity contribution in [1.29, 1.82) is 0 Å². The van der Waals surface area contributed by atoms with Crippen molar-refractivity contribution in [2.75, 3.05) is 36.4 Å². The third-order valence-electron chi connectivity index (χ3n) is 5.40. The highest BCUT2D eigenvalue weighted by molar-refractivity contribution is 6.64. The summed E-state index contributed by atoms with van der Waals surface area (Å²) in [6.07, 6.45) is 5.14. The predicted molar refractivity (Wildman–Crippen MR) is 127 cm³/mol. The largest absolute Gasteiger partial charge is 0.369 e. The van der Waals surface area contributed by atoms with Gasteiger partial charge in [0.2, 0.25) is 0 Å². The zero-order chi connectivity index (χ0) is 23.4.